The zero-order valence-electron chi connectivity index (χ0n) is 30.1. The van der Waals surface area contributed by atoms with Crippen molar-refractivity contribution in [1.82, 2.24) is 14.5 Å². The molecule has 0 bridgehead atoms. The highest BCUT2D eigenvalue weighted by Gasteiger charge is 2.24. The molecule has 0 aliphatic carbocycles. The van der Waals surface area contributed by atoms with Crippen LogP contribution >= 0.6 is 0 Å². The SMILES string of the molecule is c1ccc(-c2cc(-c3ccccc3)nc(-c3ccc(-n4c5ccc6ccccc6c5c5c6ccccc6ccc54)c4c3oc3cc5ccccc5cc34)n2)cc1. The average Bonchev–Trinajstić information content (AvgIpc) is 3.82. The van der Waals surface area contributed by atoms with Crippen LogP contribution in [-0.2, 0) is 0 Å². The maximum atomic E-state index is 7.05. The Morgan fingerprint density at radius 1 is 0.393 bits per heavy atom. The minimum atomic E-state index is 0.615. The van der Waals surface area contributed by atoms with Crippen LogP contribution in [0.2, 0.25) is 0 Å². The monoisotopic (exact) mass is 713 g/mol. The summed E-state index contributed by atoms with van der Waals surface area (Å²) in [6.07, 6.45) is 0. The molecule has 3 heterocycles. The molecule has 0 atom stereocenters. The van der Waals surface area contributed by atoms with E-state index in [1.807, 2.05) is 36.4 Å². The van der Waals surface area contributed by atoms with E-state index in [1.165, 1.54) is 32.3 Å². The van der Waals surface area contributed by atoms with Crippen LogP contribution in [0.15, 0.2) is 192 Å². The van der Waals surface area contributed by atoms with Gasteiger partial charge in [-0.2, -0.15) is 0 Å². The Kier molecular flexibility index (Phi) is 6.60. The lowest BCUT2D eigenvalue weighted by Crippen LogP contribution is -1.98. The fraction of sp³-hybridized carbons (Fsp3) is 0. The van der Waals surface area contributed by atoms with Crippen molar-refractivity contribution in [2.45, 2.75) is 0 Å². The number of rotatable bonds is 4. The molecule has 0 spiro atoms. The van der Waals surface area contributed by atoms with E-state index in [2.05, 4.69) is 156 Å². The third-order valence-corrected chi connectivity index (χ3v) is 11.4. The molecular formula is C52H31N3O. The summed E-state index contributed by atoms with van der Waals surface area (Å²) >= 11 is 0. The maximum absolute atomic E-state index is 7.05. The minimum absolute atomic E-state index is 0.615. The molecule has 260 valence electrons. The lowest BCUT2D eigenvalue weighted by Gasteiger charge is -2.13. The molecule has 12 rings (SSSR count). The lowest BCUT2D eigenvalue weighted by molar-refractivity contribution is 0.670. The predicted octanol–water partition coefficient (Wildman–Crippen LogP) is 13.9. The van der Waals surface area contributed by atoms with Crippen LogP contribution in [0.3, 0.4) is 0 Å². The molecule has 0 unspecified atom stereocenters. The lowest BCUT2D eigenvalue weighted by atomic mass is 10.00. The zero-order chi connectivity index (χ0) is 36.7. The van der Waals surface area contributed by atoms with E-state index in [4.69, 9.17) is 14.4 Å². The van der Waals surface area contributed by atoms with Crippen molar-refractivity contribution in [3.8, 4) is 39.6 Å². The van der Waals surface area contributed by atoms with Gasteiger partial charge >= 0.3 is 0 Å². The highest BCUT2D eigenvalue weighted by atomic mass is 16.3. The van der Waals surface area contributed by atoms with Crippen molar-refractivity contribution in [3.05, 3.63) is 188 Å². The molecular weight excluding hydrogens is 683 g/mol. The normalized spacial score (nSPS) is 11.9. The third kappa shape index (κ3) is 4.60. The molecule has 0 amide bonds. The number of aromatic nitrogens is 3. The first-order valence-corrected chi connectivity index (χ1v) is 19.0. The van der Waals surface area contributed by atoms with Crippen LogP contribution in [0.4, 0.5) is 0 Å². The molecule has 0 fully saturated rings. The van der Waals surface area contributed by atoms with Crippen LogP contribution in [0.5, 0.6) is 0 Å². The molecule has 4 nitrogen and oxygen atoms in total. The molecule has 0 radical (unpaired) electrons. The van der Waals surface area contributed by atoms with Crippen molar-refractivity contribution >= 4 is 76.1 Å². The number of fused-ring (bicyclic) bond motifs is 11. The number of nitrogens with zero attached hydrogens (tertiary/aromatic N) is 3. The first kappa shape index (κ1) is 30.9. The van der Waals surface area contributed by atoms with Crippen molar-refractivity contribution in [2.75, 3.05) is 0 Å². The Morgan fingerprint density at radius 3 is 1.50 bits per heavy atom. The van der Waals surface area contributed by atoms with Gasteiger partial charge in [0.15, 0.2) is 5.82 Å². The molecule has 56 heavy (non-hydrogen) atoms. The molecule has 12 aromatic rings. The number of hydrogen-bond donors (Lipinski definition) is 0. The fourth-order valence-corrected chi connectivity index (χ4v) is 8.80. The van der Waals surface area contributed by atoms with Crippen molar-refractivity contribution in [1.29, 1.82) is 0 Å². The summed E-state index contributed by atoms with van der Waals surface area (Å²) in [6, 6.07) is 66.6. The summed E-state index contributed by atoms with van der Waals surface area (Å²) in [6.45, 7) is 0. The van der Waals surface area contributed by atoms with Crippen molar-refractivity contribution in [3.63, 3.8) is 0 Å². The molecule has 0 N–H and O–H groups in total. The van der Waals surface area contributed by atoms with Crippen molar-refractivity contribution < 1.29 is 4.42 Å². The van der Waals surface area contributed by atoms with Crippen LogP contribution in [-0.4, -0.2) is 14.5 Å². The quantitative estimate of drug-likeness (QED) is 0.182. The van der Waals surface area contributed by atoms with Crippen LogP contribution in [0, 0.1) is 0 Å². The summed E-state index contributed by atoms with van der Waals surface area (Å²) in [4.78, 5) is 10.5. The second-order valence-electron chi connectivity index (χ2n) is 14.5. The molecule has 0 aliphatic rings. The third-order valence-electron chi connectivity index (χ3n) is 11.4. The number of benzene rings is 9. The Labute approximate surface area is 321 Å². The molecule has 4 heteroatoms. The zero-order valence-corrected chi connectivity index (χ0v) is 30.1. The standard InChI is InChI=1S/C52H31N3O/c1-3-15-34(16-4-1)42-31-43(35-17-5-2-6-18-35)54-52(53-42)40-25-28-46(50-41-29-36-19-7-8-20-37(36)30-47(41)56-51(40)50)55-44-26-23-32-13-9-11-21-38(32)48(44)49-39-22-12-10-14-33(39)24-27-45(49)55/h1-31H. The molecule has 0 aliphatic heterocycles. The van der Waals surface area contributed by atoms with E-state index in [-0.39, 0.29) is 0 Å². The van der Waals surface area contributed by atoms with Crippen LogP contribution in [0.25, 0.3) is 116 Å². The summed E-state index contributed by atoms with van der Waals surface area (Å²) in [5, 5.41) is 11.8. The summed E-state index contributed by atoms with van der Waals surface area (Å²) in [5.41, 5.74) is 9.54. The van der Waals surface area contributed by atoms with Gasteiger partial charge in [0.05, 0.1) is 39.1 Å². The van der Waals surface area contributed by atoms with E-state index in [0.717, 1.165) is 77.5 Å². The highest BCUT2D eigenvalue weighted by Crippen LogP contribution is 2.45. The smallest absolute Gasteiger partial charge is 0.164 e. The van der Waals surface area contributed by atoms with Gasteiger partial charge in [0.25, 0.3) is 0 Å². The van der Waals surface area contributed by atoms with Crippen molar-refractivity contribution in [2.24, 2.45) is 0 Å². The second-order valence-corrected chi connectivity index (χ2v) is 14.5. The van der Waals surface area contributed by atoms with Gasteiger partial charge in [-0.15, -0.1) is 0 Å². The van der Waals surface area contributed by atoms with Gasteiger partial charge in [-0.3, -0.25) is 0 Å². The largest absolute Gasteiger partial charge is 0.455 e. The second kappa shape index (κ2) is 12.0. The molecule has 3 aromatic heterocycles. The van der Waals surface area contributed by atoms with E-state index in [1.54, 1.807) is 0 Å². The van der Waals surface area contributed by atoms with E-state index in [9.17, 15) is 0 Å². The predicted molar refractivity (Wildman–Crippen MR) is 232 cm³/mol. The first-order valence-electron chi connectivity index (χ1n) is 19.0. The van der Waals surface area contributed by atoms with Crippen LogP contribution in [0.1, 0.15) is 0 Å². The molecule has 9 aromatic carbocycles. The summed E-state index contributed by atoms with van der Waals surface area (Å²) in [7, 11) is 0. The topological polar surface area (TPSA) is 43.9 Å². The van der Waals surface area contributed by atoms with E-state index >= 15 is 0 Å². The number of hydrogen-bond acceptors (Lipinski definition) is 3. The highest BCUT2D eigenvalue weighted by molar-refractivity contribution is 6.29. The van der Waals surface area contributed by atoms with Gasteiger partial charge in [0.2, 0.25) is 0 Å². The van der Waals surface area contributed by atoms with Gasteiger partial charge in [-0.25, -0.2) is 9.97 Å². The first-order chi connectivity index (χ1) is 27.8. The molecule has 0 saturated heterocycles. The van der Waals surface area contributed by atoms with E-state index < -0.39 is 0 Å². The van der Waals surface area contributed by atoms with Gasteiger partial charge in [0.1, 0.15) is 11.2 Å². The average molecular weight is 714 g/mol. The van der Waals surface area contributed by atoms with Crippen LogP contribution < -0.4 is 0 Å². The van der Waals surface area contributed by atoms with E-state index in [0.29, 0.717) is 5.82 Å². The summed E-state index contributed by atoms with van der Waals surface area (Å²) in [5.74, 6) is 0.615. The van der Waals surface area contributed by atoms with Gasteiger partial charge < -0.3 is 8.98 Å². The van der Waals surface area contributed by atoms with Gasteiger partial charge in [0, 0.05) is 27.3 Å². The minimum Gasteiger partial charge on any atom is -0.455 e. The molecule has 0 saturated carbocycles. The maximum Gasteiger partial charge on any atom is 0.164 e. The Morgan fingerprint density at radius 2 is 0.911 bits per heavy atom. The Balaban J connectivity index is 1.23. The Hall–Kier alpha value is -7.56. The summed E-state index contributed by atoms with van der Waals surface area (Å²) < 4.78 is 9.49. The fourth-order valence-electron chi connectivity index (χ4n) is 8.80. The Bertz CT molecular complexity index is 3380. The van der Waals surface area contributed by atoms with Gasteiger partial charge in [-0.05, 0) is 74.8 Å². The number of furan rings is 1. The van der Waals surface area contributed by atoms with Gasteiger partial charge in [-0.1, -0.05) is 146 Å².